The Morgan fingerprint density at radius 3 is 2.25 bits per heavy atom. The van der Waals surface area contributed by atoms with E-state index in [1.54, 1.807) is 36.4 Å². The van der Waals surface area contributed by atoms with Crippen molar-refractivity contribution in [2.45, 2.75) is 0 Å². The fraction of sp³-hybridized carbons (Fsp3) is 0. The van der Waals surface area contributed by atoms with E-state index < -0.39 is 0 Å². The minimum atomic E-state index is -0.230. The van der Waals surface area contributed by atoms with Crippen LogP contribution < -0.4 is 5.56 Å². The molecule has 20 heavy (non-hydrogen) atoms. The van der Waals surface area contributed by atoms with E-state index in [1.165, 1.54) is 0 Å². The number of aromatic amines is 1. The summed E-state index contributed by atoms with van der Waals surface area (Å²) in [6, 6.07) is 9.93. The molecule has 1 aromatic heterocycles. The van der Waals surface area contributed by atoms with E-state index in [-0.39, 0.29) is 17.1 Å². The second kappa shape index (κ2) is 3.74. The van der Waals surface area contributed by atoms with E-state index in [0.29, 0.717) is 32.3 Å². The molecule has 0 amide bonds. The van der Waals surface area contributed by atoms with Crippen LogP contribution in [0.3, 0.4) is 0 Å². The van der Waals surface area contributed by atoms with Gasteiger partial charge in [0.2, 0.25) is 0 Å². The third-order valence-corrected chi connectivity index (χ3v) is 4.45. The molecule has 1 heterocycles. The van der Waals surface area contributed by atoms with Gasteiger partial charge in [-0.3, -0.25) is 18.8 Å². The summed E-state index contributed by atoms with van der Waals surface area (Å²) in [7, 11) is 0. The largest absolute Gasteiger partial charge is 0.289 e. The number of carbonyl (C=O) groups excluding carboxylic acids is 2. The first kappa shape index (κ1) is 11.3. The van der Waals surface area contributed by atoms with Crippen molar-refractivity contribution in [3.63, 3.8) is 0 Å². The van der Waals surface area contributed by atoms with Crippen molar-refractivity contribution < 1.29 is 9.59 Å². The van der Waals surface area contributed by atoms with Crippen LogP contribution in [0.5, 0.6) is 0 Å². The number of hydrogen-bond donors (Lipinski definition) is 1. The molecule has 0 radical (unpaired) electrons. The number of hydrogen-bond acceptors (Lipinski definition) is 4. The average molecular weight is 281 g/mol. The summed E-state index contributed by atoms with van der Waals surface area (Å²) in [5.41, 5.74) is 1.31. The molecular formula is C15H7NO3S. The second-order valence-corrected chi connectivity index (χ2v) is 5.42. The molecule has 0 bridgehead atoms. The second-order valence-electron chi connectivity index (χ2n) is 4.60. The molecule has 4 nitrogen and oxygen atoms in total. The maximum absolute atomic E-state index is 12.6. The minimum absolute atomic E-state index is 0.169. The van der Waals surface area contributed by atoms with Gasteiger partial charge in [-0.2, -0.15) is 0 Å². The molecule has 4 rings (SSSR count). The first-order chi connectivity index (χ1) is 9.68. The molecule has 2 aromatic carbocycles. The van der Waals surface area contributed by atoms with Gasteiger partial charge >= 0.3 is 0 Å². The number of carbonyl (C=O) groups is 2. The summed E-state index contributed by atoms with van der Waals surface area (Å²) in [6.45, 7) is 0. The number of rotatable bonds is 0. The molecule has 0 fully saturated rings. The summed E-state index contributed by atoms with van der Waals surface area (Å²) in [4.78, 5) is 36.7. The third kappa shape index (κ3) is 1.27. The van der Waals surface area contributed by atoms with E-state index in [0.717, 1.165) is 11.5 Å². The lowest BCUT2D eigenvalue weighted by Crippen LogP contribution is -2.21. The van der Waals surface area contributed by atoms with Crippen molar-refractivity contribution in [3.05, 3.63) is 69.0 Å². The normalized spacial score (nSPS) is 13.4. The summed E-state index contributed by atoms with van der Waals surface area (Å²) >= 11 is 1.10. The lowest BCUT2D eigenvalue weighted by Gasteiger charge is -2.17. The van der Waals surface area contributed by atoms with Crippen molar-refractivity contribution in [2.24, 2.45) is 0 Å². The number of ketones is 2. The van der Waals surface area contributed by atoms with Gasteiger partial charge in [-0.1, -0.05) is 35.8 Å². The van der Waals surface area contributed by atoms with Gasteiger partial charge in [-0.15, -0.1) is 0 Å². The molecule has 1 N–H and O–H groups in total. The molecule has 0 aliphatic heterocycles. The van der Waals surface area contributed by atoms with Crippen LogP contribution in [0.15, 0.2) is 41.2 Å². The minimum Gasteiger partial charge on any atom is -0.289 e. The average Bonchev–Trinajstić information content (AvgIpc) is 2.86. The SMILES string of the molecule is O=C1c2ccccc2C(=O)c2c1ccc1c(=O)[nH]sc21. The van der Waals surface area contributed by atoms with Crippen LogP contribution >= 0.6 is 11.5 Å². The number of aromatic nitrogens is 1. The fourth-order valence-corrected chi connectivity index (χ4v) is 3.47. The maximum atomic E-state index is 12.6. The van der Waals surface area contributed by atoms with Gasteiger partial charge in [0.05, 0.1) is 15.6 Å². The number of nitrogens with one attached hydrogen (secondary N) is 1. The van der Waals surface area contributed by atoms with E-state index in [4.69, 9.17) is 0 Å². The molecule has 96 valence electrons. The van der Waals surface area contributed by atoms with Crippen LogP contribution in [0.4, 0.5) is 0 Å². The van der Waals surface area contributed by atoms with Crippen molar-refractivity contribution in [2.75, 3.05) is 0 Å². The summed E-state index contributed by atoms with van der Waals surface area (Å²) in [5.74, 6) is -0.367. The Morgan fingerprint density at radius 1 is 0.800 bits per heavy atom. The Kier molecular flexibility index (Phi) is 2.11. The van der Waals surface area contributed by atoms with Crippen molar-refractivity contribution >= 4 is 33.2 Å². The van der Waals surface area contributed by atoms with Crippen molar-refractivity contribution in [1.29, 1.82) is 0 Å². The lowest BCUT2D eigenvalue weighted by molar-refractivity contribution is 0.0980. The first-order valence-electron chi connectivity index (χ1n) is 6.01. The van der Waals surface area contributed by atoms with Crippen LogP contribution in [-0.2, 0) is 0 Å². The monoisotopic (exact) mass is 281 g/mol. The molecule has 0 unspecified atom stereocenters. The molecule has 0 spiro atoms. The zero-order valence-electron chi connectivity index (χ0n) is 10.1. The Balaban J connectivity index is 2.16. The van der Waals surface area contributed by atoms with E-state index in [1.807, 2.05) is 0 Å². The molecular weight excluding hydrogens is 274 g/mol. The Morgan fingerprint density at radius 2 is 1.50 bits per heavy atom. The molecule has 1 aliphatic rings. The van der Waals surface area contributed by atoms with Gasteiger partial charge in [-0.25, -0.2) is 0 Å². The Hall–Kier alpha value is -2.53. The molecule has 0 atom stereocenters. The number of benzene rings is 2. The van der Waals surface area contributed by atoms with E-state index in [9.17, 15) is 14.4 Å². The highest BCUT2D eigenvalue weighted by Gasteiger charge is 2.31. The smallest absolute Gasteiger partial charge is 0.265 e. The third-order valence-electron chi connectivity index (χ3n) is 3.54. The highest BCUT2D eigenvalue weighted by molar-refractivity contribution is 7.13. The highest BCUT2D eigenvalue weighted by atomic mass is 32.1. The summed E-state index contributed by atoms with van der Waals surface area (Å²) in [5, 5.41) is 0.453. The molecule has 1 aliphatic carbocycles. The lowest BCUT2D eigenvalue weighted by atomic mass is 9.84. The van der Waals surface area contributed by atoms with Gasteiger partial charge in [-0.05, 0) is 12.1 Å². The zero-order valence-corrected chi connectivity index (χ0v) is 10.9. The van der Waals surface area contributed by atoms with E-state index >= 15 is 0 Å². The maximum Gasteiger partial charge on any atom is 0.265 e. The summed E-state index contributed by atoms with van der Waals surface area (Å²) < 4.78 is 3.16. The predicted molar refractivity (Wildman–Crippen MR) is 75.8 cm³/mol. The van der Waals surface area contributed by atoms with Gasteiger partial charge in [0.25, 0.3) is 5.56 Å². The fourth-order valence-electron chi connectivity index (χ4n) is 2.59. The molecule has 0 saturated carbocycles. The summed E-state index contributed by atoms with van der Waals surface area (Å²) in [6.07, 6.45) is 0. The Bertz CT molecular complexity index is 965. The molecule has 3 aromatic rings. The van der Waals surface area contributed by atoms with Crippen LogP contribution in [-0.4, -0.2) is 15.9 Å². The van der Waals surface area contributed by atoms with Gasteiger partial charge < -0.3 is 0 Å². The molecule has 0 saturated heterocycles. The Labute approximate surface area is 116 Å². The highest BCUT2D eigenvalue weighted by Crippen LogP contribution is 2.32. The topological polar surface area (TPSA) is 67.0 Å². The van der Waals surface area contributed by atoms with Gasteiger partial charge in [0, 0.05) is 16.7 Å². The number of fused-ring (bicyclic) bond motifs is 4. The van der Waals surface area contributed by atoms with Crippen LogP contribution in [0.2, 0.25) is 0 Å². The van der Waals surface area contributed by atoms with Crippen molar-refractivity contribution in [1.82, 2.24) is 4.37 Å². The van der Waals surface area contributed by atoms with E-state index in [2.05, 4.69) is 4.37 Å². The van der Waals surface area contributed by atoms with Crippen LogP contribution in [0, 0.1) is 0 Å². The van der Waals surface area contributed by atoms with Crippen LogP contribution in [0.1, 0.15) is 31.8 Å². The quantitative estimate of drug-likeness (QED) is 0.538. The zero-order chi connectivity index (χ0) is 13.9. The predicted octanol–water partition coefficient (Wildman–Crippen LogP) is 2.37. The van der Waals surface area contributed by atoms with Crippen molar-refractivity contribution in [3.8, 4) is 0 Å². The van der Waals surface area contributed by atoms with Crippen LogP contribution in [0.25, 0.3) is 10.1 Å². The first-order valence-corrected chi connectivity index (χ1v) is 6.83. The van der Waals surface area contributed by atoms with Gasteiger partial charge in [0.1, 0.15) is 0 Å². The molecule has 5 heteroatoms. The number of H-pyrrole nitrogens is 1. The van der Waals surface area contributed by atoms with Gasteiger partial charge in [0.15, 0.2) is 11.6 Å². The standard InChI is InChI=1S/C15H7NO3S/c17-12-7-3-1-2-4-8(7)13(18)11-9(12)5-6-10-14(11)20-16-15(10)19/h1-6H,(H,16,19).